The first-order chi connectivity index (χ1) is 6.09. The molecule has 0 saturated carbocycles. The number of hydrogen-bond acceptors (Lipinski definition) is 3. The molecular weight excluding hydrogens is 173 g/mol. The summed E-state index contributed by atoms with van der Waals surface area (Å²) in [5, 5.41) is 0. The summed E-state index contributed by atoms with van der Waals surface area (Å²) >= 11 is 0. The highest BCUT2D eigenvalue weighted by molar-refractivity contribution is 5.95. The van der Waals surface area contributed by atoms with Gasteiger partial charge < -0.3 is 10.5 Å². The first kappa shape index (κ1) is 8.04. The van der Waals surface area contributed by atoms with Crippen molar-refractivity contribution in [2.24, 2.45) is 0 Å². The summed E-state index contributed by atoms with van der Waals surface area (Å²) in [6, 6.07) is 2.57. The van der Waals surface area contributed by atoms with Crippen LogP contribution < -0.4 is 5.73 Å². The number of carbonyl (C=O) groups is 1. The Labute approximate surface area is 74.3 Å². The van der Waals surface area contributed by atoms with E-state index in [2.05, 4.69) is 0 Å². The molecule has 0 bridgehead atoms. The van der Waals surface area contributed by atoms with Gasteiger partial charge in [-0.3, -0.25) is 0 Å². The minimum Gasteiger partial charge on any atom is -0.454 e. The van der Waals surface area contributed by atoms with Gasteiger partial charge in [0.1, 0.15) is 11.9 Å². The molecule has 1 unspecified atom stereocenters. The van der Waals surface area contributed by atoms with Crippen LogP contribution in [0.1, 0.15) is 28.9 Å². The van der Waals surface area contributed by atoms with E-state index in [1.165, 1.54) is 12.1 Å². The Morgan fingerprint density at radius 1 is 1.54 bits per heavy atom. The molecule has 0 aliphatic carbocycles. The third-order valence-corrected chi connectivity index (χ3v) is 2.11. The summed E-state index contributed by atoms with van der Waals surface area (Å²) in [6.07, 6.45) is -0.377. The van der Waals surface area contributed by atoms with Gasteiger partial charge in [0.25, 0.3) is 0 Å². The number of benzene rings is 1. The first-order valence-corrected chi connectivity index (χ1v) is 3.89. The standard InChI is InChI=1S/C9H8FNO2/c1-4-5-2-7(10)8(11)3-6(5)9(12)13-4/h2-4H,11H2,1H3. The van der Waals surface area contributed by atoms with E-state index in [9.17, 15) is 9.18 Å². The Morgan fingerprint density at radius 3 is 2.92 bits per heavy atom. The van der Waals surface area contributed by atoms with Crippen LogP contribution in [0.15, 0.2) is 12.1 Å². The summed E-state index contributed by atoms with van der Waals surface area (Å²) < 4.78 is 17.9. The molecular formula is C9H8FNO2. The van der Waals surface area contributed by atoms with E-state index in [4.69, 9.17) is 10.5 Å². The summed E-state index contributed by atoms with van der Waals surface area (Å²) in [7, 11) is 0. The Bertz CT molecular complexity index is 389. The van der Waals surface area contributed by atoms with E-state index in [1.807, 2.05) is 0 Å². The van der Waals surface area contributed by atoms with Crippen molar-refractivity contribution in [1.82, 2.24) is 0 Å². The average molecular weight is 181 g/mol. The minimum atomic E-state index is -0.510. The lowest BCUT2D eigenvalue weighted by Gasteiger charge is -2.02. The van der Waals surface area contributed by atoms with Crippen LogP contribution in [-0.4, -0.2) is 5.97 Å². The van der Waals surface area contributed by atoms with Crippen molar-refractivity contribution in [3.63, 3.8) is 0 Å². The maximum absolute atomic E-state index is 13.0. The molecule has 1 aromatic rings. The predicted octanol–water partition coefficient (Wildman–Crippen LogP) is 1.64. The number of ether oxygens (including phenoxy) is 1. The van der Waals surface area contributed by atoms with Gasteiger partial charge in [-0.15, -0.1) is 0 Å². The molecule has 0 spiro atoms. The van der Waals surface area contributed by atoms with Crippen LogP contribution in [0.4, 0.5) is 10.1 Å². The van der Waals surface area contributed by atoms with Crippen LogP contribution in [-0.2, 0) is 4.74 Å². The normalized spacial score (nSPS) is 19.8. The van der Waals surface area contributed by atoms with Crippen LogP contribution >= 0.6 is 0 Å². The maximum Gasteiger partial charge on any atom is 0.339 e. The van der Waals surface area contributed by atoms with Gasteiger partial charge in [0.2, 0.25) is 0 Å². The van der Waals surface area contributed by atoms with Crippen molar-refractivity contribution < 1.29 is 13.9 Å². The Balaban J connectivity index is 2.65. The summed E-state index contributed by atoms with van der Waals surface area (Å²) in [5.74, 6) is -0.946. The number of cyclic esters (lactones) is 1. The van der Waals surface area contributed by atoms with E-state index in [0.717, 1.165) is 0 Å². The number of anilines is 1. The number of carbonyl (C=O) groups excluding carboxylic acids is 1. The largest absolute Gasteiger partial charge is 0.454 e. The van der Waals surface area contributed by atoms with E-state index in [0.29, 0.717) is 11.1 Å². The second-order valence-electron chi connectivity index (χ2n) is 3.01. The summed E-state index contributed by atoms with van der Waals surface area (Å²) in [5.41, 5.74) is 6.23. The molecule has 2 rings (SSSR count). The second kappa shape index (κ2) is 2.45. The minimum absolute atomic E-state index is 0.0233. The zero-order chi connectivity index (χ0) is 9.59. The van der Waals surface area contributed by atoms with Crippen LogP contribution in [0, 0.1) is 5.82 Å². The lowest BCUT2D eigenvalue weighted by atomic mass is 10.1. The smallest absolute Gasteiger partial charge is 0.339 e. The number of halogens is 1. The van der Waals surface area contributed by atoms with Gasteiger partial charge in [0.15, 0.2) is 0 Å². The third kappa shape index (κ3) is 1.06. The van der Waals surface area contributed by atoms with Crippen LogP contribution in [0.3, 0.4) is 0 Å². The molecule has 1 aromatic carbocycles. The maximum atomic E-state index is 13.0. The number of nitrogens with two attached hydrogens (primary N) is 1. The Hall–Kier alpha value is -1.58. The van der Waals surface area contributed by atoms with Gasteiger partial charge in [-0.1, -0.05) is 0 Å². The molecule has 0 aromatic heterocycles. The van der Waals surface area contributed by atoms with Crippen LogP contribution in [0.2, 0.25) is 0 Å². The zero-order valence-corrected chi connectivity index (χ0v) is 7.00. The van der Waals surface area contributed by atoms with Crippen molar-refractivity contribution in [3.8, 4) is 0 Å². The first-order valence-electron chi connectivity index (χ1n) is 3.89. The molecule has 1 aliphatic rings. The summed E-state index contributed by atoms with van der Waals surface area (Å²) in [6.45, 7) is 1.69. The quantitative estimate of drug-likeness (QED) is 0.489. The molecule has 1 aliphatic heterocycles. The molecule has 68 valence electrons. The zero-order valence-electron chi connectivity index (χ0n) is 7.00. The predicted molar refractivity (Wildman–Crippen MR) is 44.6 cm³/mol. The second-order valence-corrected chi connectivity index (χ2v) is 3.01. The lowest BCUT2D eigenvalue weighted by molar-refractivity contribution is 0.0421. The van der Waals surface area contributed by atoms with Gasteiger partial charge in [0.05, 0.1) is 11.3 Å². The monoisotopic (exact) mass is 181 g/mol. The van der Waals surface area contributed by atoms with E-state index in [1.54, 1.807) is 6.92 Å². The number of nitrogen functional groups attached to an aromatic ring is 1. The van der Waals surface area contributed by atoms with Crippen molar-refractivity contribution in [3.05, 3.63) is 29.1 Å². The highest BCUT2D eigenvalue weighted by Crippen LogP contribution is 2.32. The Kier molecular flexibility index (Phi) is 1.52. The van der Waals surface area contributed by atoms with Gasteiger partial charge in [-0.2, -0.15) is 0 Å². The van der Waals surface area contributed by atoms with Crippen molar-refractivity contribution in [2.45, 2.75) is 13.0 Å². The van der Waals surface area contributed by atoms with Crippen LogP contribution in [0.25, 0.3) is 0 Å². The van der Waals surface area contributed by atoms with E-state index < -0.39 is 11.8 Å². The van der Waals surface area contributed by atoms with Gasteiger partial charge in [0, 0.05) is 5.56 Å². The molecule has 4 heteroatoms. The number of hydrogen-bond donors (Lipinski definition) is 1. The van der Waals surface area contributed by atoms with Crippen molar-refractivity contribution in [2.75, 3.05) is 5.73 Å². The molecule has 0 radical (unpaired) electrons. The topological polar surface area (TPSA) is 52.3 Å². The average Bonchev–Trinajstić information content (AvgIpc) is 2.31. The van der Waals surface area contributed by atoms with Crippen LogP contribution in [0.5, 0.6) is 0 Å². The number of fused-ring (bicyclic) bond motifs is 1. The van der Waals surface area contributed by atoms with Gasteiger partial charge >= 0.3 is 5.97 Å². The molecule has 2 N–H and O–H groups in total. The van der Waals surface area contributed by atoms with E-state index >= 15 is 0 Å². The lowest BCUT2D eigenvalue weighted by Crippen LogP contribution is -1.97. The molecule has 0 amide bonds. The Morgan fingerprint density at radius 2 is 2.23 bits per heavy atom. The summed E-state index contributed by atoms with van der Waals surface area (Å²) in [4.78, 5) is 11.1. The highest BCUT2D eigenvalue weighted by atomic mass is 19.1. The molecule has 1 atom stereocenters. The molecule has 0 saturated heterocycles. The van der Waals surface area contributed by atoms with Crippen molar-refractivity contribution >= 4 is 11.7 Å². The number of rotatable bonds is 0. The SMILES string of the molecule is CC1OC(=O)c2cc(N)c(F)cc21. The molecule has 1 heterocycles. The van der Waals surface area contributed by atoms with Crippen molar-refractivity contribution in [1.29, 1.82) is 0 Å². The fourth-order valence-electron chi connectivity index (χ4n) is 1.41. The third-order valence-electron chi connectivity index (χ3n) is 2.11. The molecule has 3 nitrogen and oxygen atoms in total. The molecule has 13 heavy (non-hydrogen) atoms. The fraction of sp³-hybridized carbons (Fsp3) is 0.222. The van der Waals surface area contributed by atoms with Gasteiger partial charge in [-0.05, 0) is 19.1 Å². The highest BCUT2D eigenvalue weighted by Gasteiger charge is 2.28. The molecule has 0 fully saturated rings. The fourth-order valence-corrected chi connectivity index (χ4v) is 1.41. The van der Waals surface area contributed by atoms with E-state index in [-0.39, 0.29) is 11.8 Å². The number of esters is 1. The van der Waals surface area contributed by atoms with Gasteiger partial charge in [-0.25, -0.2) is 9.18 Å².